The number of phenolic OH excluding ortho intramolecular Hbond substituents is 1. The molecule has 18 heavy (non-hydrogen) atoms. The Bertz CT molecular complexity index is 603. The first-order valence-corrected chi connectivity index (χ1v) is 5.59. The fraction of sp³-hybridized carbons (Fsp3) is 0.0667. The van der Waals surface area contributed by atoms with Crippen LogP contribution < -0.4 is 0 Å². The number of hydrogen-bond donors (Lipinski definition) is 1. The van der Waals surface area contributed by atoms with Crippen LogP contribution in [0.15, 0.2) is 48.8 Å². The summed E-state index contributed by atoms with van der Waals surface area (Å²) in [7, 11) is 0. The number of phenols is 1. The van der Waals surface area contributed by atoms with E-state index in [0.717, 1.165) is 5.56 Å². The second-order valence-corrected chi connectivity index (χ2v) is 4.01. The van der Waals surface area contributed by atoms with Crippen molar-refractivity contribution in [3.05, 3.63) is 65.5 Å². The molecule has 2 aromatic rings. The van der Waals surface area contributed by atoms with Gasteiger partial charge in [-0.25, -0.2) is 0 Å². The molecule has 1 heterocycles. The maximum absolute atomic E-state index is 11.9. The molecule has 0 spiro atoms. The van der Waals surface area contributed by atoms with Crippen molar-refractivity contribution in [3.8, 4) is 5.75 Å². The molecule has 3 heteroatoms. The van der Waals surface area contributed by atoms with Crippen molar-refractivity contribution in [2.24, 2.45) is 0 Å². The van der Waals surface area contributed by atoms with Gasteiger partial charge in [0.15, 0.2) is 5.78 Å². The lowest BCUT2D eigenvalue weighted by Gasteiger charge is -1.98. The van der Waals surface area contributed by atoms with Gasteiger partial charge < -0.3 is 5.11 Å². The SMILES string of the molecule is Cc1cncc(C(=O)/C=C/c2ccccc2O)c1. The van der Waals surface area contributed by atoms with Crippen LogP contribution in [0, 0.1) is 6.92 Å². The second kappa shape index (κ2) is 5.27. The van der Waals surface area contributed by atoms with Crippen LogP contribution in [0.4, 0.5) is 0 Å². The van der Waals surface area contributed by atoms with Gasteiger partial charge in [-0.15, -0.1) is 0 Å². The maximum Gasteiger partial charge on any atom is 0.187 e. The lowest BCUT2D eigenvalue weighted by atomic mass is 10.1. The van der Waals surface area contributed by atoms with Gasteiger partial charge in [0.1, 0.15) is 5.75 Å². The molecule has 0 saturated carbocycles. The van der Waals surface area contributed by atoms with Crippen LogP contribution in [-0.2, 0) is 0 Å². The normalized spacial score (nSPS) is 10.7. The minimum atomic E-state index is -0.130. The topological polar surface area (TPSA) is 50.2 Å². The Hall–Kier alpha value is -2.42. The van der Waals surface area contributed by atoms with Crippen molar-refractivity contribution in [2.45, 2.75) is 6.92 Å². The molecule has 0 saturated heterocycles. The highest BCUT2D eigenvalue weighted by Crippen LogP contribution is 2.17. The van der Waals surface area contributed by atoms with Crippen molar-refractivity contribution in [3.63, 3.8) is 0 Å². The van der Waals surface area contributed by atoms with E-state index >= 15 is 0 Å². The van der Waals surface area contributed by atoms with Gasteiger partial charge in [0.25, 0.3) is 0 Å². The number of carbonyl (C=O) groups excluding carboxylic acids is 1. The summed E-state index contributed by atoms with van der Waals surface area (Å²) < 4.78 is 0. The van der Waals surface area contributed by atoms with Gasteiger partial charge in [0.05, 0.1) is 0 Å². The fourth-order valence-corrected chi connectivity index (χ4v) is 1.58. The van der Waals surface area contributed by atoms with Crippen LogP contribution in [0.1, 0.15) is 21.5 Å². The summed E-state index contributed by atoms with van der Waals surface area (Å²) in [6.45, 7) is 1.89. The van der Waals surface area contributed by atoms with E-state index < -0.39 is 0 Å². The number of benzene rings is 1. The Labute approximate surface area is 105 Å². The van der Waals surface area contributed by atoms with E-state index in [1.807, 2.05) is 6.92 Å². The van der Waals surface area contributed by atoms with Crippen molar-refractivity contribution >= 4 is 11.9 Å². The van der Waals surface area contributed by atoms with Gasteiger partial charge in [0.2, 0.25) is 0 Å². The predicted molar refractivity (Wildman–Crippen MR) is 70.4 cm³/mol. The molecule has 90 valence electrons. The van der Waals surface area contributed by atoms with Gasteiger partial charge in [-0.2, -0.15) is 0 Å². The van der Waals surface area contributed by atoms with E-state index in [-0.39, 0.29) is 11.5 Å². The molecule has 0 atom stereocenters. The average Bonchev–Trinajstić information content (AvgIpc) is 2.37. The van der Waals surface area contributed by atoms with Crippen LogP contribution in [0.3, 0.4) is 0 Å². The molecule has 0 amide bonds. The highest BCUT2D eigenvalue weighted by atomic mass is 16.3. The minimum Gasteiger partial charge on any atom is -0.507 e. The maximum atomic E-state index is 11.9. The van der Waals surface area contributed by atoms with Crippen molar-refractivity contribution < 1.29 is 9.90 Å². The molecule has 0 aliphatic carbocycles. The number of ketones is 1. The molecule has 0 bridgehead atoms. The van der Waals surface area contributed by atoms with Crippen LogP contribution in [-0.4, -0.2) is 15.9 Å². The molecule has 1 aromatic heterocycles. The summed E-state index contributed by atoms with van der Waals surface area (Å²) in [5.41, 5.74) is 2.10. The summed E-state index contributed by atoms with van der Waals surface area (Å²) in [6, 6.07) is 8.65. The molecule has 0 aliphatic rings. The number of allylic oxidation sites excluding steroid dienone is 1. The Kier molecular flexibility index (Phi) is 3.53. The fourth-order valence-electron chi connectivity index (χ4n) is 1.58. The van der Waals surface area contributed by atoms with Crippen molar-refractivity contribution in [1.82, 2.24) is 4.98 Å². The first kappa shape index (κ1) is 12.0. The molecule has 0 radical (unpaired) electrons. The van der Waals surface area contributed by atoms with E-state index in [1.165, 1.54) is 12.3 Å². The van der Waals surface area contributed by atoms with E-state index in [2.05, 4.69) is 4.98 Å². The lowest BCUT2D eigenvalue weighted by molar-refractivity contribution is 0.104. The number of aromatic nitrogens is 1. The number of aryl methyl sites for hydroxylation is 1. The van der Waals surface area contributed by atoms with E-state index in [4.69, 9.17) is 0 Å². The summed E-state index contributed by atoms with van der Waals surface area (Å²) in [4.78, 5) is 15.8. The third kappa shape index (κ3) is 2.83. The molecule has 1 aromatic carbocycles. The van der Waals surface area contributed by atoms with Gasteiger partial charge in [-0.1, -0.05) is 18.2 Å². The lowest BCUT2D eigenvalue weighted by Crippen LogP contribution is -1.95. The number of pyridine rings is 1. The summed E-state index contributed by atoms with van der Waals surface area (Å²) in [5, 5.41) is 9.56. The second-order valence-electron chi connectivity index (χ2n) is 4.01. The molecule has 2 rings (SSSR count). The summed E-state index contributed by atoms with van der Waals surface area (Å²) >= 11 is 0. The molecule has 1 N–H and O–H groups in total. The Morgan fingerprint density at radius 1 is 1.28 bits per heavy atom. The first-order chi connectivity index (χ1) is 8.66. The van der Waals surface area contributed by atoms with E-state index in [1.54, 1.807) is 42.6 Å². The number of hydrogen-bond acceptors (Lipinski definition) is 3. The van der Waals surface area contributed by atoms with Gasteiger partial charge >= 0.3 is 0 Å². The van der Waals surface area contributed by atoms with E-state index in [9.17, 15) is 9.90 Å². The monoisotopic (exact) mass is 239 g/mol. The molecule has 0 aliphatic heterocycles. The van der Waals surface area contributed by atoms with Crippen molar-refractivity contribution in [1.29, 1.82) is 0 Å². The third-order valence-electron chi connectivity index (χ3n) is 2.51. The molecular formula is C15H13NO2. The summed E-state index contributed by atoms with van der Waals surface area (Å²) in [5.74, 6) is 0.0263. The quantitative estimate of drug-likeness (QED) is 0.661. The smallest absolute Gasteiger partial charge is 0.187 e. The van der Waals surface area contributed by atoms with E-state index in [0.29, 0.717) is 11.1 Å². The Balaban J connectivity index is 2.20. The van der Waals surface area contributed by atoms with Gasteiger partial charge in [-0.3, -0.25) is 9.78 Å². The van der Waals surface area contributed by atoms with Crippen LogP contribution in [0.25, 0.3) is 6.08 Å². The Morgan fingerprint density at radius 3 is 2.78 bits per heavy atom. The predicted octanol–water partition coefficient (Wildman–Crippen LogP) is 2.99. The largest absolute Gasteiger partial charge is 0.507 e. The molecule has 0 fully saturated rings. The third-order valence-corrected chi connectivity index (χ3v) is 2.51. The number of rotatable bonds is 3. The first-order valence-electron chi connectivity index (χ1n) is 5.59. The number of nitrogens with zero attached hydrogens (tertiary/aromatic N) is 1. The van der Waals surface area contributed by atoms with Gasteiger partial charge in [-0.05, 0) is 36.8 Å². The molecular weight excluding hydrogens is 226 g/mol. The highest BCUT2D eigenvalue weighted by Gasteiger charge is 2.02. The summed E-state index contributed by atoms with van der Waals surface area (Å²) in [6.07, 6.45) is 6.26. The zero-order valence-electron chi connectivity index (χ0n) is 10.00. The molecule has 0 unspecified atom stereocenters. The van der Waals surface area contributed by atoms with Crippen LogP contribution in [0.5, 0.6) is 5.75 Å². The molecule has 3 nitrogen and oxygen atoms in total. The minimum absolute atomic E-state index is 0.130. The van der Waals surface area contributed by atoms with Crippen LogP contribution in [0.2, 0.25) is 0 Å². The number of aromatic hydroxyl groups is 1. The standard InChI is InChI=1S/C15H13NO2/c1-11-8-13(10-16-9-11)15(18)7-6-12-4-2-3-5-14(12)17/h2-10,17H,1H3/b7-6+. The number of carbonyl (C=O) groups is 1. The van der Waals surface area contributed by atoms with Crippen molar-refractivity contribution in [2.75, 3.05) is 0 Å². The van der Waals surface area contributed by atoms with Crippen LogP contribution >= 0.6 is 0 Å². The number of para-hydroxylation sites is 1. The average molecular weight is 239 g/mol. The zero-order valence-corrected chi connectivity index (χ0v) is 10.00. The zero-order chi connectivity index (χ0) is 13.0. The Morgan fingerprint density at radius 2 is 2.06 bits per heavy atom. The van der Waals surface area contributed by atoms with Gasteiger partial charge in [0, 0.05) is 23.5 Å². The highest BCUT2D eigenvalue weighted by molar-refractivity contribution is 6.06.